The maximum atomic E-state index is 12.5. The van der Waals surface area contributed by atoms with Gasteiger partial charge in [0.05, 0.1) is 5.56 Å². The van der Waals surface area contributed by atoms with Gasteiger partial charge in [-0.1, -0.05) is 13.3 Å². The van der Waals surface area contributed by atoms with Crippen molar-refractivity contribution in [3.8, 4) is 0 Å². The highest BCUT2D eigenvalue weighted by Crippen LogP contribution is 2.37. The zero-order valence-corrected chi connectivity index (χ0v) is 14.4. The Balaban J connectivity index is 2.30. The number of hydrogen-bond acceptors (Lipinski definition) is 4. The molecule has 0 bridgehead atoms. The molecule has 0 radical (unpaired) electrons. The summed E-state index contributed by atoms with van der Waals surface area (Å²) >= 11 is 1.49. The second-order valence-corrected chi connectivity index (χ2v) is 6.81. The van der Waals surface area contributed by atoms with E-state index in [1.165, 1.54) is 23.1 Å². The highest BCUT2D eigenvalue weighted by atomic mass is 32.1. The number of aryl methyl sites for hydroxylation is 1. The standard InChI is InChI=1S/C16H23N3O3S/c1-3-7-13(21)17-16-14(15(22)19-18-10(2)20)11-8-5-4-6-9-12(11)23-16/h3-9H2,1-2H3,(H,17,21)(H,18,20)(H,19,22). The number of amides is 3. The van der Waals surface area contributed by atoms with Gasteiger partial charge < -0.3 is 5.32 Å². The van der Waals surface area contributed by atoms with Crippen molar-refractivity contribution < 1.29 is 14.4 Å². The van der Waals surface area contributed by atoms with Crippen molar-refractivity contribution >= 4 is 34.1 Å². The van der Waals surface area contributed by atoms with E-state index in [2.05, 4.69) is 16.2 Å². The van der Waals surface area contributed by atoms with Gasteiger partial charge >= 0.3 is 0 Å². The second-order valence-electron chi connectivity index (χ2n) is 5.70. The van der Waals surface area contributed by atoms with Gasteiger partial charge in [-0.05, 0) is 37.7 Å². The topological polar surface area (TPSA) is 87.3 Å². The van der Waals surface area contributed by atoms with Crippen LogP contribution < -0.4 is 16.2 Å². The SMILES string of the molecule is CCCC(=O)Nc1sc2c(c1C(=O)NNC(C)=O)CCCCC2. The molecule has 0 fully saturated rings. The van der Waals surface area contributed by atoms with Crippen LogP contribution in [0.4, 0.5) is 5.00 Å². The van der Waals surface area contributed by atoms with E-state index in [0.29, 0.717) is 17.0 Å². The maximum absolute atomic E-state index is 12.5. The lowest BCUT2D eigenvalue weighted by molar-refractivity contribution is -0.119. The third kappa shape index (κ3) is 4.54. The summed E-state index contributed by atoms with van der Waals surface area (Å²) in [5.41, 5.74) is 6.25. The lowest BCUT2D eigenvalue weighted by Gasteiger charge is -2.10. The number of carbonyl (C=O) groups is 3. The maximum Gasteiger partial charge on any atom is 0.272 e. The van der Waals surface area contributed by atoms with Gasteiger partial charge in [-0.25, -0.2) is 0 Å². The molecule has 1 aromatic heterocycles. The average Bonchev–Trinajstić information content (AvgIpc) is 2.67. The van der Waals surface area contributed by atoms with E-state index in [-0.39, 0.29) is 17.7 Å². The van der Waals surface area contributed by atoms with Crippen molar-refractivity contribution in [3.05, 3.63) is 16.0 Å². The van der Waals surface area contributed by atoms with Crippen molar-refractivity contribution in [1.82, 2.24) is 10.9 Å². The van der Waals surface area contributed by atoms with Gasteiger partial charge in [-0.15, -0.1) is 11.3 Å². The summed E-state index contributed by atoms with van der Waals surface area (Å²) in [6.07, 6.45) is 6.23. The van der Waals surface area contributed by atoms with Crippen molar-refractivity contribution in [1.29, 1.82) is 0 Å². The van der Waals surface area contributed by atoms with E-state index in [9.17, 15) is 14.4 Å². The van der Waals surface area contributed by atoms with E-state index in [4.69, 9.17) is 0 Å². The molecule has 0 saturated carbocycles. The first-order valence-electron chi connectivity index (χ1n) is 8.04. The Morgan fingerprint density at radius 2 is 1.83 bits per heavy atom. The second kappa shape index (κ2) is 8.10. The Bertz CT molecular complexity index is 610. The molecule has 0 atom stereocenters. The molecule has 6 nitrogen and oxygen atoms in total. The lowest BCUT2D eigenvalue weighted by atomic mass is 10.1. The lowest BCUT2D eigenvalue weighted by Crippen LogP contribution is -2.40. The van der Waals surface area contributed by atoms with Crippen LogP contribution in [0.1, 0.15) is 66.8 Å². The summed E-state index contributed by atoms with van der Waals surface area (Å²) in [5, 5.41) is 3.46. The number of nitrogens with one attached hydrogen (secondary N) is 3. The number of thiophene rings is 1. The smallest absolute Gasteiger partial charge is 0.272 e. The Morgan fingerprint density at radius 1 is 1.09 bits per heavy atom. The molecule has 3 amide bonds. The van der Waals surface area contributed by atoms with E-state index >= 15 is 0 Å². The average molecular weight is 337 g/mol. The minimum absolute atomic E-state index is 0.0857. The molecule has 0 aromatic carbocycles. The van der Waals surface area contributed by atoms with Crippen LogP contribution in [0.2, 0.25) is 0 Å². The largest absolute Gasteiger partial charge is 0.317 e. The number of carbonyl (C=O) groups excluding carboxylic acids is 3. The first-order chi connectivity index (χ1) is 11.0. The highest BCUT2D eigenvalue weighted by molar-refractivity contribution is 7.17. The summed E-state index contributed by atoms with van der Waals surface area (Å²) < 4.78 is 0. The fourth-order valence-corrected chi connectivity index (χ4v) is 4.00. The molecule has 1 aromatic rings. The molecular formula is C16H23N3O3S. The van der Waals surface area contributed by atoms with E-state index in [0.717, 1.165) is 44.1 Å². The molecule has 126 valence electrons. The molecule has 23 heavy (non-hydrogen) atoms. The van der Waals surface area contributed by atoms with Crippen LogP contribution in [0, 0.1) is 0 Å². The molecule has 3 N–H and O–H groups in total. The summed E-state index contributed by atoms with van der Waals surface area (Å²) in [4.78, 5) is 36.6. The number of anilines is 1. The van der Waals surface area contributed by atoms with Crippen LogP contribution in [0.3, 0.4) is 0 Å². The molecule has 1 aliphatic rings. The molecule has 7 heteroatoms. The number of hydrogen-bond donors (Lipinski definition) is 3. The minimum atomic E-state index is -0.369. The van der Waals surface area contributed by atoms with Gasteiger partial charge in [0.1, 0.15) is 5.00 Å². The Morgan fingerprint density at radius 3 is 2.52 bits per heavy atom. The van der Waals surface area contributed by atoms with Gasteiger partial charge in [-0.3, -0.25) is 25.2 Å². The zero-order valence-electron chi connectivity index (χ0n) is 13.6. The molecule has 0 spiro atoms. The van der Waals surface area contributed by atoms with E-state index in [1.54, 1.807) is 0 Å². The van der Waals surface area contributed by atoms with E-state index in [1.807, 2.05) is 6.92 Å². The summed E-state index contributed by atoms with van der Waals surface area (Å²) in [5.74, 6) is -0.792. The molecule has 0 saturated heterocycles. The monoisotopic (exact) mass is 337 g/mol. The molecule has 0 unspecified atom stereocenters. The van der Waals surface area contributed by atoms with Crippen molar-refractivity contribution in [3.63, 3.8) is 0 Å². The summed E-state index contributed by atoms with van der Waals surface area (Å²) in [7, 11) is 0. The molecular weight excluding hydrogens is 314 g/mol. The first-order valence-corrected chi connectivity index (χ1v) is 8.85. The van der Waals surface area contributed by atoms with Crippen molar-refractivity contribution in [2.24, 2.45) is 0 Å². The predicted molar refractivity (Wildman–Crippen MR) is 90.4 cm³/mol. The minimum Gasteiger partial charge on any atom is -0.317 e. The van der Waals surface area contributed by atoms with Crippen LogP contribution in [0.5, 0.6) is 0 Å². The van der Waals surface area contributed by atoms with Gasteiger partial charge in [0.15, 0.2) is 0 Å². The number of hydrazine groups is 1. The van der Waals surface area contributed by atoms with Crippen molar-refractivity contribution in [2.75, 3.05) is 5.32 Å². The number of rotatable bonds is 4. The van der Waals surface area contributed by atoms with Crippen LogP contribution in [-0.2, 0) is 22.4 Å². The Hall–Kier alpha value is -1.89. The van der Waals surface area contributed by atoms with Gasteiger partial charge in [0.25, 0.3) is 5.91 Å². The quantitative estimate of drug-likeness (QED) is 0.583. The Kier molecular flexibility index (Phi) is 6.15. The fourth-order valence-electron chi connectivity index (χ4n) is 2.69. The third-order valence-electron chi connectivity index (χ3n) is 3.73. The summed E-state index contributed by atoms with van der Waals surface area (Å²) in [6.45, 7) is 3.27. The molecule has 1 aliphatic carbocycles. The van der Waals surface area contributed by atoms with Crippen molar-refractivity contribution in [2.45, 2.75) is 58.8 Å². The van der Waals surface area contributed by atoms with Crippen LogP contribution in [0.15, 0.2) is 0 Å². The van der Waals surface area contributed by atoms with Crippen LogP contribution >= 0.6 is 11.3 Å². The predicted octanol–water partition coefficient (Wildman–Crippen LogP) is 2.54. The van der Waals surface area contributed by atoms with Gasteiger partial charge in [-0.2, -0.15) is 0 Å². The van der Waals surface area contributed by atoms with Gasteiger partial charge in [0.2, 0.25) is 11.8 Å². The fraction of sp³-hybridized carbons (Fsp3) is 0.562. The first kappa shape index (κ1) is 17.5. The van der Waals surface area contributed by atoms with Gasteiger partial charge in [0, 0.05) is 18.2 Å². The molecule has 2 rings (SSSR count). The Labute approximate surface area is 140 Å². The number of fused-ring (bicyclic) bond motifs is 1. The highest BCUT2D eigenvalue weighted by Gasteiger charge is 2.25. The van der Waals surface area contributed by atoms with E-state index < -0.39 is 0 Å². The third-order valence-corrected chi connectivity index (χ3v) is 4.94. The van der Waals surface area contributed by atoms with Crippen LogP contribution in [-0.4, -0.2) is 17.7 Å². The molecule has 1 heterocycles. The normalized spacial score (nSPS) is 13.7. The van der Waals surface area contributed by atoms with Crippen LogP contribution in [0.25, 0.3) is 0 Å². The molecule has 0 aliphatic heterocycles. The zero-order chi connectivity index (χ0) is 16.8. The summed E-state index contributed by atoms with van der Waals surface area (Å²) in [6, 6.07) is 0.